The van der Waals surface area contributed by atoms with Crippen molar-refractivity contribution in [2.75, 3.05) is 19.0 Å². The van der Waals surface area contributed by atoms with Crippen LogP contribution >= 0.6 is 11.6 Å². The number of anilines is 1. The quantitative estimate of drug-likeness (QED) is 0.363. The molecule has 0 saturated carbocycles. The van der Waals surface area contributed by atoms with Crippen LogP contribution in [0.4, 0.5) is 5.69 Å². The topological polar surface area (TPSA) is 132 Å². The number of carbonyl (C=O) groups excluding carboxylic acids is 3. The van der Waals surface area contributed by atoms with Gasteiger partial charge < -0.3 is 20.5 Å². The van der Waals surface area contributed by atoms with Crippen molar-refractivity contribution in [1.29, 1.82) is 0 Å². The van der Waals surface area contributed by atoms with Gasteiger partial charge in [-0.25, -0.2) is 5.43 Å². The van der Waals surface area contributed by atoms with Gasteiger partial charge in [-0.2, -0.15) is 5.10 Å². The highest BCUT2D eigenvalue weighted by atomic mass is 35.5. The predicted molar refractivity (Wildman–Crippen MR) is 104 cm³/mol. The summed E-state index contributed by atoms with van der Waals surface area (Å²) >= 11 is 5.99. The van der Waals surface area contributed by atoms with Crippen LogP contribution in [0.5, 0.6) is 11.5 Å². The van der Waals surface area contributed by atoms with Crippen molar-refractivity contribution in [2.24, 2.45) is 10.8 Å². The zero-order valence-electron chi connectivity index (χ0n) is 14.8. The average Bonchev–Trinajstić information content (AvgIpc) is 2.68. The number of carbonyl (C=O) groups is 3. The van der Waals surface area contributed by atoms with Gasteiger partial charge in [0.15, 0.2) is 18.1 Å². The second kappa shape index (κ2) is 9.93. The van der Waals surface area contributed by atoms with E-state index in [-0.39, 0.29) is 6.61 Å². The molecule has 10 heteroatoms. The summed E-state index contributed by atoms with van der Waals surface area (Å²) in [6.45, 7) is -0.260. The van der Waals surface area contributed by atoms with E-state index in [0.717, 1.165) is 0 Å². The van der Waals surface area contributed by atoms with Crippen LogP contribution in [0.15, 0.2) is 47.6 Å². The summed E-state index contributed by atoms with van der Waals surface area (Å²) in [5.74, 6) is -1.90. The number of nitrogens with zero attached hydrogens (tertiary/aromatic N) is 1. The minimum absolute atomic E-state index is 0.260. The highest BCUT2D eigenvalue weighted by Gasteiger charge is 2.10. The number of para-hydroxylation sites is 1. The Bertz CT molecular complexity index is 917. The molecule has 0 bridgehead atoms. The highest BCUT2D eigenvalue weighted by molar-refractivity contribution is 6.34. The standard InChI is InChI=1S/C18H17ClN4O5/c1-27-15-8-11(9-21-23-18(26)17(20)25)6-7-14(15)28-10-16(24)22-13-5-3-2-4-12(13)19/h2-9H,10H2,1H3,(H2,20,25)(H,22,24)(H,23,26)/b21-9-. The summed E-state index contributed by atoms with van der Waals surface area (Å²) in [4.78, 5) is 33.7. The number of halogens is 1. The maximum Gasteiger partial charge on any atom is 0.329 e. The maximum absolute atomic E-state index is 12.0. The lowest BCUT2D eigenvalue weighted by atomic mass is 10.2. The van der Waals surface area contributed by atoms with Crippen molar-refractivity contribution in [3.05, 3.63) is 53.1 Å². The van der Waals surface area contributed by atoms with Gasteiger partial charge in [0.25, 0.3) is 5.91 Å². The van der Waals surface area contributed by atoms with Crippen molar-refractivity contribution >= 4 is 41.2 Å². The SMILES string of the molecule is COc1cc(/C=N\NC(=O)C(N)=O)ccc1OCC(=O)Nc1ccccc1Cl. The first-order valence-electron chi connectivity index (χ1n) is 7.88. The Morgan fingerprint density at radius 3 is 2.61 bits per heavy atom. The highest BCUT2D eigenvalue weighted by Crippen LogP contribution is 2.27. The van der Waals surface area contributed by atoms with Crippen LogP contribution in [0.1, 0.15) is 5.56 Å². The Hall–Kier alpha value is -3.59. The monoisotopic (exact) mass is 404 g/mol. The van der Waals surface area contributed by atoms with Crippen LogP contribution in [0, 0.1) is 0 Å². The molecule has 0 heterocycles. The summed E-state index contributed by atoms with van der Waals surface area (Å²) in [5.41, 5.74) is 7.80. The van der Waals surface area contributed by atoms with Gasteiger partial charge in [-0.15, -0.1) is 0 Å². The van der Waals surface area contributed by atoms with Gasteiger partial charge in [-0.1, -0.05) is 23.7 Å². The molecule has 0 fully saturated rings. The molecule has 2 aromatic rings. The molecule has 0 aliphatic rings. The number of hydrogen-bond acceptors (Lipinski definition) is 6. The summed E-state index contributed by atoms with van der Waals surface area (Å²) in [7, 11) is 1.43. The lowest BCUT2D eigenvalue weighted by Crippen LogP contribution is -2.32. The van der Waals surface area contributed by atoms with Crippen LogP contribution in [-0.2, 0) is 14.4 Å². The largest absolute Gasteiger partial charge is 0.493 e. The number of hydrazone groups is 1. The van der Waals surface area contributed by atoms with Gasteiger partial charge in [0.1, 0.15) is 0 Å². The Labute approximate surface area is 165 Å². The van der Waals surface area contributed by atoms with E-state index in [4.69, 9.17) is 26.8 Å². The number of hydrogen-bond donors (Lipinski definition) is 3. The van der Waals surface area contributed by atoms with Gasteiger partial charge in [-0.05, 0) is 35.9 Å². The Morgan fingerprint density at radius 2 is 1.93 bits per heavy atom. The molecule has 0 saturated heterocycles. The van der Waals surface area contributed by atoms with Crippen LogP contribution < -0.4 is 25.9 Å². The van der Waals surface area contributed by atoms with E-state index in [1.54, 1.807) is 42.5 Å². The van der Waals surface area contributed by atoms with Gasteiger partial charge in [0.2, 0.25) is 0 Å². The number of methoxy groups -OCH3 is 1. The molecule has 2 aromatic carbocycles. The number of amides is 3. The Kier molecular flexibility index (Phi) is 7.35. The minimum atomic E-state index is -1.14. The molecule has 0 aliphatic carbocycles. The van der Waals surface area contributed by atoms with Crippen molar-refractivity contribution in [1.82, 2.24) is 5.43 Å². The molecule has 28 heavy (non-hydrogen) atoms. The first-order chi connectivity index (χ1) is 13.4. The molecule has 0 unspecified atom stereocenters. The van der Waals surface area contributed by atoms with Crippen LogP contribution in [0.3, 0.4) is 0 Å². The Balaban J connectivity index is 1.97. The zero-order chi connectivity index (χ0) is 20.5. The predicted octanol–water partition coefficient (Wildman–Crippen LogP) is 1.30. The molecular weight excluding hydrogens is 388 g/mol. The fourth-order valence-corrected chi connectivity index (χ4v) is 2.18. The fraction of sp³-hybridized carbons (Fsp3) is 0.111. The normalized spacial score (nSPS) is 10.4. The second-order valence-electron chi connectivity index (χ2n) is 5.29. The lowest BCUT2D eigenvalue weighted by Gasteiger charge is -2.12. The van der Waals surface area contributed by atoms with Gasteiger partial charge >= 0.3 is 11.8 Å². The summed E-state index contributed by atoms with van der Waals surface area (Å²) in [5, 5.41) is 6.66. The first-order valence-corrected chi connectivity index (χ1v) is 8.26. The molecule has 2 rings (SSSR count). The van der Waals surface area contributed by atoms with Crippen molar-refractivity contribution in [3.63, 3.8) is 0 Å². The summed E-state index contributed by atoms with van der Waals surface area (Å²) in [6.07, 6.45) is 1.29. The van der Waals surface area contributed by atoms with Crippen molar-refractivity contribution < 1.29 is 23.9 Å². The number of ether oxygens (including phenoxy) is 2. The van der Waals surface area contributed by atoms with E-state index in [2.05, 4.69) is 10.4 Å². The van der Waals surface area contributed by atoms with Crippen LogP contribution in [0.25, 0.3) is 0 Å². The summed E-state index contributed by atoms with van der Waals surface area (Å²) < 4.78 is 10.7. The molecule has 0 radical (unpaired) electrons. The lowest BCUT2D eigenvalue weighted by molar-refractivity contribution is -0.137. The molecule has 4 N–H and O–H groups in total. The first kappa shape index (κ1) is 20.7. The molecule has 0 spiro atoms. The third kappa shape index (κ3) is 5.99. The number of benzene rings is 2. The van der Waals surface area contributed by atoms with Crippen molar-refractivity contribution in [3.8, 4) is 11.5 Å². The maximum atomic E-state index is 12.0. The van der Waals surface area contributed by atoms with Gasteiger partial charge in [-0.3, -0.25) is 14.4 Å². The number of nitrogens with two attached hydrogens (primary N) is 1. The van der Waals surface area contributed by atoms with Gasteiger partial charge in [0.05, 0.1) is 24.0 Å². The molecule has 3 amide bonds. The zero-order valence-corrected chi connectivity index (χ0v) is 15.5. The van der Waals surface area contributed by atoms with E-state index in [0.29, 0.717) is 27.8 Å². The smallest absolute Gasteiger partial charge is 0.329 e. The van der Waals surface area contributed by atoms with Gasteiger partial charge in [0, 0.05) is 0 Å². The minimum Gasteiger partial charge on any atom is -0.493 e. The number of nitrogens with one attached hydrogen (secondary N) is 2. The van der Waals surface area contributed by atoms with Crippen LogP contribution in [0.2, 0.25) is 5.02 Å². The second-order valence-corrected chi connectivity index (χ2v) is 5.70. The third-order valence-corrected chi connectivity index (χ3v) is 3.63. The van der Waals surface area contributed by atoms with E-state index < -0.39 is 17.7 Å². The van der Waals surface area contributed by atoms with E-state index in [1.807, 2.05) is 5.43 Å². The summed E-state index contributed by atoms with van der Waals surface area (Å²) in [6, 6.07) is 11.6. The van der Waals surface area contributed by atoms with E-state index in [1.165, 1.54) is 13.3 Å². The van der Waals surface area contributed by atoms with E-state index >= 15 is 0 Å². The third-order valence-electron chi connectivity index (χ3n) is 3.30. The number of rotatable bonds is 7. The van der Waals surface area contributed by atoms with Crippen molar-refractivity contribution in [2.45, 2.75) is 0 Å². The molecule has 0 aromatic heterocycles. The van der Waals surface area contributed by atoms with Crippen LogP contribution in [-0.4, -0.2) is 37.7 Å². The molecule has 9 nitrogen and oxygen atoms in total. The fourth-order valence-electron chi connectivity index (χ4n) is 2.00. The molecule has 146 valence electrons. The number of primary amides is 1. The van der Waals surface area contributed by atoms with E-state index in [9.17, 15) is 14.4 Å². The molecular formula is C18H17ClN4O5. The average molecular weight is 405 g/mol. The molecule has 0 atom stereocenters. The molecule has 0 aliphatic heterocycles. The Morgan fingerprint density at radius 1 is 1.18 bits per heavy atom.